The molecule has 2 N–H and O–H groups in total. The van der Waals surface area contributed by atoms with E-state index in [-0.39, 0.29) is 6.04 Å². The van der Waals surface area contributed by atoms with Crippen LogP contribution in [0, 0.1) is 20.8 Å². The molecule has 4 heteroatoms. The molecular formula is C15H25N3S. The Kier molecular flexibility index (Phi) is 5.22. The topological polar surface area (TPSA) is 51.8 Å². The molecule has 1 aromatic heterocycles. The SMILES string of the molecule is Cc1nc(SC2CCCCCCC2N)nc(C)c1C. The van der Waals surface area contributed by atoms with Crippen molar-refractivity contribution >= 4 is 11.8 Å². The zero-order valence-electron chi connectivity index (χ0n) is 12.3. The number of rotatable bonds is 2. The molecule has 2 atom stereocenters. The van der Waals surface area contributed by atoms with Crippen molar-refractivity contribution in [2.45, 2.75) is 75.7 Å². The molecule has 19 heavy (non-hydrogen) atoms. The second kappa shape index (κ2) is 6.71. The van der Waals surface area contributed by atoms with Gasteiger partial charge in [0.15, 0.2) is 5.16 Å². The highest BCUT2D eigenvalue weighted by Crippen LogP contribution is 2.30. The molecule has 0 aliphatic heterocycles. The van der Waals surface area contributed by atoms with Gasteiger partial charge >= 0.3 is 0 Å². The molecule has 1 aliphatic carbocycles. The second-order valence-corrected chi connectivity index (χ2v) is 6.82. The maximum atomic E-state index is 6.33. The van der Waals surface area contributed by atoms with E-state index in [1.165, 1.54) is 37.7 Å². The summed E-state index contributed by atoms with van der Waals surface area (Å²) in [6.07, 6.45) is 7.57. The molecule has 2 unspecified atom stereocenters. The maximum absolute atomic E-state index is 6.33. The quantitative estimate of drug-likeness (QED) is 0.841. The van der Waals surface area contributed by atoms with E-state index in [1.807, 2.05) is 0 Å². The van der Waals surface area contributed by atoms with Gasteiger partial charge in [0.1, 0.15) is 0 Å². The van der Waals surface area contributed by atoms with Crippen molar-refractivity contribution in [3.8, 4) is 0 Å². The lowest BCUT2D eigenvalue weighted by atomic mass is 9.97. The van der Waals surface area contributed by atoms with Crippen LogP contribution in [0.1, 0.15) is 55.5 Å². The minimum atomic E-state index is 0.288. The first-order valence-electron chi connectivity index (χ1n) is 7.32. The number of hydrogen-bond acceptors (Lipinski definition) is 4. The Bertz CT molecular complexity index is 410. The predicted molar refractivity (Wildman–Crippen MR) is 81.6 cm³/mol. The molecule has 2 rings (SSSR count). The van der Waals surface area contributed by atoms with Gasteiger partial charge in [0.25, 0.3) is 0 Å². The van der Waals surface area contributed by atoms with Crippen LogP contribution in [0.2, 0.25) is 0 Å². The summed E-state index contributed by atoms with van der Waals surface area (Å²) < 4.78 is 0. The zero-order chi connectivity index (χ0) is 13.8. The summed E-state index contributed by atoms with van der Waals surface area (Å²) in [6, 6.07) is 0.288. The minimum Gasteiger partial charge on any atom is -0.327 e. The molecule has 0 bridgehead atoms. The van der Waals surface area contributed by atoms with Crippen molar-refractivity contribution in [2.24, 2.45) is 5.73 Å². The molecule has 0 spiro atoms. The van der Waals surface area contributed by atoms with E-state index < -0.39 is 0 Å². The van der Waals surface area contributed by atoms with Crippen LogP contribution in [0.4, 0.5) is 0 Å². The summed E-state index contributed by atoms with van der Waals surface area (Å²) in [6.45, 7) is 6.21. The van der Waals surface area contributed by atoms with E-state index in [2.05, 4.69) is 30.7 Å². The van der Waals surface area contributed by atoms with Crippen molar-refractivity contribution in [3.05, 3.63) is 17.0 Å². The molecule has 0 radical (unpaired) electrons. The van der Waals surface area contributed by atoms with Crippen LogP contribution in [0.25, 0.3) is 0 Å². The van der Waals surface area contributed by atoms with E-state index in [4.69, 9.17) is 5.73 Å². The molecule has 1 fully saturated rings. The summed E-state index contributed by atoms with van der Waals surface area (Å²) >= 11 is 1.79. The normalized spacial score (nSPS) is 24.8. The maximum Gasteiger partial charge on any atom is 0.188 e. The summed E-state index contributed by atoms with van der Waals surface area (Å²) in [5, 5.41) is 1.38. The largest absolute Gasteiger partial charge is 0.327 e. The monoisotopic (exact) mass is 279 g/mol. The Morgan fingerprint density at radius 3 is 2.16 bits per heavy atom. The van der Waals surface area contributed by atoms with Gasteiger partial charge in [-0.15, -0.1) is 0 Å². The van der Waals surface area contributed by atoms with Crippen LogP contribution in [0.5, 0.6) is 0 Å². The lowest BCUT2D eigenvalue weighted by Crippen LogP contribution is -2.33. The molecule has 0 amide bonds. The van der Waals surface area contributed by atoms with Crippen LogP contribution in [0.15, 0.2) is 5.16 Å². The predicted octanol–water partition coefficient (Wildman–Crippen LogP) is 3.54. The second-order valence-electron chi connectivity index (χ2n) is 5.61. The summed E-state index contributed by atoms with van der Waals surface area (Å²) in [7, 11) is 0. The van der Waals surface area contributed by atoms with Crippen molar-refractivity contribution in [3.63, 3.8) is 0 Å². The molecule has 1 saturated carbocycles. The van der Waals surface area contributed by atoms with Crippen LogP contribution in [0.3, 0.4) is 0 Å². The fourth-order valence-electron chi connectivity index (χ4n) is 2.55. The van der Waals surface area contributed by atoms with Crippen LogP contribution in [-0.4, -0.2) is 21.3 Å². The van der Waals surface area contributed by atoms with Crippen LogP contribution >= 0.6 is 11.8 Å². The first-order valence-corrected chi connectivity index (χ1v) is 8.20. The highest BCUT2D eigenvalue weighted by Gasteiger charge is 2.22. The van der Waals surface area contributed by atoms with Gasteiger partial charge in [0.2, 0.25) is 0 Å². The van der Waals surface area contributed by atoms with Crippen molar-refractivity contribution < 1.29 is 0 Å². The average Bonchev–Trinajstić information content (AvgIpc) is 2.35. The summed E-state index contributed by atoms with van der Waals surface area (Å²) in [5.41, 5.74) is 9.71. The molecule has 1 aromatic rings. The van der Waals surface area contributed by atoms with Gasteiger partial charge in [-0.2, -0.15) is 0 Å². The lowest BCUT2D eigenvalue weighted by Gasteiger charge is -2.25. The Hall–Kier alpha value is -0.610. The molecule has 0 saturated heterocycles. The van der Waals surface area contributed by atoms with Gasteiger partial charge in [0, 0.05) is 22.7 Å². The Labute approximate surface area is 120 Å². The molecular weight excluding hydrogens is 254 g/mol. The fraction of sp³-hybridized carbons (Fsp3) is 0.733. The third-order valence-electron chi connectivity index (χ3n) is 4.12. The van der Waals surface area contributed by atoms with Crippen LogP contribution < -0.4 is 5.73 Å². The number of aromatic nitrogens is 2. The first kappa shape index (κ1) is 14.8. The Balaban J connectivity index is 2.10. The van der Waals surface area contributed by atoms with E-state index in [0.29, 0.717) is 5.25 Å². The Morgan fingerprint density at radius 2 is 1.53 bits per heavy atom. The fourth-order valence-corrected chi connectivity index (χ4v) is 3.80. The smallest absolute Gasteiger partial charge is 0.188 e. The zero-order valence-corrected chi connectivity index (χ0v) is 13.1. The molecule has 1 heterocycles. The Morgan fingerprint density at radius 1 is 0.947 bits per heavy atom. The van der Waals surface area contributed by atoms with Gasteiger partial charge in [-0.1, -0.05) is 37.4 Å². The number of aryl methyl sites for hydroxylation is 2. The number of nitrogens with zero attached hydrogens (tertiary/aromatic N) is 2. The van der Waals surface area contributed by atoms with Crippen molar-refractivity contribution in [1.29, 1.82) is 0 Å². The summed E-state index contributed by atoms with van der Waals surface area (Å²) in [4.78, 5) is 9.22. The standard InChI is InChI=1S/C15H25N3S/c1-10-11(2)17-15(18-12(10)3)19-14-9-7-5-4-6-8-13(14)16/h13-14H,4-9,16H2,1-3H3. The van der Waals surface area contributed by atoms with Gasteiger partial charge in [0.05, 0.1) is 0 Å². The van der Waals surface area contributed by atoms with E-state index in [0.717, 1.165) is 23.0 Å². The highest BCUT2D eigenvalue weighted by atomic mass is 32.2. The molecule has 1 aliphatic rings. The molecule has 3 nitrogen and oxygen atoms in total. The molecule has 0 aromatic carbocycles. The van der Waals surface area contributed by atoms with Crippen LogP contribution in [-0.2, 0) is 0 Å². The van der Waals surface area contributed by atoms with Crippen molar-refractivity contribution in [1.82, 2.24) is 9.97 Å². The van der Waals surface area contributed by atoms with Gasteiger partial charge in [-0.05, 0) is 39.2 Å². The number of hydrogen-bond donors (Lipinski definition) is 1. The first-order chi connectivity index (χ1) is 9.08. The minimum absolute atomic E-state index is 0.288. The van der Waals surface area contributed by atoms with Crippen molar-refractivity contribution in [2.75, 3.05) is 0 Å². The van der Waals surface area contributed by atoms with E-state index in [1.54, 1.807) is 11.8 Å². The third kappa shape index (κ3) is 3.93. The van der Waals surface area contributed by atoms with Gasteiger partial charge < -0.3 is 5.73 Å². The van der Waals surface area contributed by atoms with E-state index >= 15 is 0 Å². The summed E-state index contributed by atoms with van der Waals surface area (Å²) in [5.74, 6) is 0. The molecule has 106 valence electrons. The lowest BCUT2D eigenvalue weighted by molar-refractivity contribution is 0.463. The average molecular weight is 279 g/mol. The van der Waals surface area contributed by atoms with E-state index in [9.17, 15) is 0 Å². The van der Waals surface area contributed by atoms with Gasteiger partial charge in [-0.25, -0.2) is 9.97 Å². The third-order valence-corrected chi connectivity index (χ3v) is 5.40. The number of thioether (sulfide) groups is 1. The highest BCUT2D eigenvalue weighted by molar-refractivity contribution is 7.99. The van der Waals surface area contributed by atoms with Gasteiger partial charge in [-0.3, -0.25) is 0 Å². The number of nitrogens with two attached hydrogens (primary N) is 1.